The molecule has 1 unspecified atom stereocenters. The van der Waals surface area contributed by atoms with Crippen molar-refractivity contribution in [1.82, 2.24) is 0 Å². The number of rotatable bonds is 4. The number of hydrogen-bond donors (Lipinski definition) is 0. The summed E-state index contributed by atoms with van der Waals surface area (Å²) in [5.41, 5.74) is 0. The topological polar surface area (TPSA) is 26.3 Å². The Balaban J connectivity index is 4.22. The fourth-order valence-corrected chi connectivity index (χ4v) is 0.586. The van der Waals surface area contributed by atoms with Gasteiger partial charge >= 0.3 is 18.1 Å². The quantitative estimate of drug-likeness (QED) is 0.448. The molecular weight excluding hydrogens is 270 g/mol. The van der Waals surface area contributed by atoms with Crippen LogP contribution in [0.1, 0.15) is 0 Å². The van der Waals surface area contributed by atoms with Gasteiger partial charge in [-0.05, 0) is 0 Å². The molecule has 0 bridgehead atoms. The van der Waals surface area contributed by atoms with Gasteiger partial charge in [0.25, 0.3) is 0 Å². The van der Waals surface area contributed by atoms with Gasteiger partial charge in [-0.25, -0.2) is 0 Å². The van der Waals surface area contributed by atoms with Gasteiger partial charge in [0.15, 0.2) is 6.61 Å². The number of carbonyl (C=O) groups is 1. The molecule has 0 aromatic rings. The predicted molar refractivity (Wildman–Crippen MR) is 42.3 cm³/mol. The standard InChI is InChI=1S/C6H5Cl2F5O2/c7-1-3(8)4(14)15-2-5(9,10)6(11,12)13/h3H,1-2H2. The number of esters is 1. The van der Waals surface area contributed by atoms with Crippen LogP contribution < -0.4 is 0 Å². The van der Waals surface area contributed by atoms with E-state index in [1.807, 2.05) is 0 Å². The first kappa shape index (κ1) is 14.7. The third-order valence-electron chi connectivity index (χ3n) is 1.20. The Labute approximate surface area is 91.3 Å². The summed E-state index contributed by atoms with van der Waals surface area (Å²) >= 11 is 10.2. The molecule has 0 N–H and O–H groups in total. The lowest BCUT2D eigenvalue weighted by atomic mass is 10.3. The van der Waals surface area contributed by atoms with Gasteiger partial charge in [0, 0.05) is 5.88 Å². The molecule has 0 aliphatic carbocycles. The molecule has 15 heavy (non-hydrogen) atoms. The van der Waals surface area contributed by atoms with E-state index in [-0.39, 0.29) is 0 Å². The van der Waals surface area contributed by atoms with E-state index in [2.05, 4.69) is 4.74 Å². The zero-order valence-electron chi connectivity index (χ0n) is 6.95. The molecule has 0 saturated carbocycles. The van der Waals surface area contributed by atoms with Gasteiger partial charge in [-0.2, -0.15) is 22.0 Å². The van der Waals surface area contributed by atoms with Gasteiger partial charge in [-0.3, -0.25) is 4.79 Å². The molecule has 2 nitrogen and oxygen atoms in total. The highest BCUT2D eigenvalue weighted by molar-refractivity contribution is 6.35. The third kappa shape index (κ3) is 4.38. The van der Waals surface area contributed by atoms with Crippen LogP contribution in [0, 0.1) is 0 Å². The Hall–Kier alpha value is -0.300. The first-order valence-electron chi connectivity index (χ1n) is 3.43. The Morgan fingerprint density at radius 1 is 1.27 bits per heavy atom. The number of halogens is 7. The summed E-state index contributed by atoms with van der Waals surface area (Å²) in [7, 11) is 0. The van der Waals surface area contributed by atoms with Crippen LogP contribution in [-0.4, -0.2) is 35.9 Å². The van der Waals surface area contributed by atoms with E-state index in [1.165, 1.54) is 0 Å². The highest BCUT2D eigenvalue weighted by Gasteiger charge is 2.58. The van der Waals surface area contributed by atoms with Crippen molar-refractivity contribution in [3.05, 3.63) is 0 Å². The summed E-state index contributed by atoms with van der Waals surface area (Å²) in [5, 5.41) is -1.45. The average Bonchev–Trinajstić information content (AvgIpc) is 2.11. The molecule has 0 aromatic carbocycles. The summed E-state index contributed by atoms with van der Waals surface area (Å²) in [5.74, 6) is -6.96. The second-order valence-corrected chi connectivity index (χ2v) is 3.27. The monoisotopic (exact) mass is 274 g/mol. The van der Waals surface area contributed by atoms with E-state index < -0.39 is 35.9 Å². The molecule has 0 spiro atoms. The van der Waals surface area contributed by atoms with Crippen molar-refractivity contribution >= 4 is 29.2 Å². The van der Waals surface area contributed by atoms with Gasteiger partial charge in [0.1, 0.15) is 5.38 Å². The molecule has 90 valence electrons. The summed E-state index contributed by atoms with van der Waals surface area (Å²) < 4.78 is 62.7. The Morgan fingerprint density at radius 3 is 2.07 bits per heavy atom. The van der Waals surface area contributed by atoms with Crippen LogP contribution in [-0.2, 0) is 9.53 Å². The number of ether oxygens (including phenoxy) is 1. The van der Waals surface area contributed by atoms with Gasteiger partial charge < -0.3 is 4.74 Å². The van der Waals surface area contributed by atoms with Crippen LogP contribution in [0.2, 0.25) is 0 Å². The van der Waals surface area contributed by atoms with Crippen LogP contribution in [0.25, 0.3) is 0 Å². The number of carbonyl (C=O) groups excluding carboxylic acids is 1. The predicted octanol–water partition coefficient (Wildman–Crippen LogP) is 2.57. The molecule has 0 radical (unpaired) electrons. The molecule has 0 aliphatic heterocycles. The van der Waals surface area contributed by atoms with Crippen molar-refractivity contribution in [3.63, 3.8) is 0 Å². The van der Waals surface area contributed by atoms with Crippen LogP contribution in [0.4, 0.5) is 22.0 Å². The van der Waals surface area contributed by atoms with Crippen molar-refractivity contribution in [2.24, 2.45) is 0 Å². The third-order valence-corrected chi connectivity index (χ3v) is 2.00. The molecule has 0 fully saturated rings. The van der Waals surface area contributed by atoms with Crippen LogP contribution in [0.5, 0.6) is 0 Å². The zero-order valence-corrected chi connectivity index (χ0v) is 8.47. The van der Waals surface area contributed by atoms with Gasteiger partial charge in [0.2, 0.25) is 0 Å². The molecular formula is C6H5Cl2F5O2. The van der Waals surface area contributed by atoms with Gasteiger partial charge in [-0.15, -0.1) is 23.2 Å². The second-order valence-electron chi connectivity index (χ2n) is 2.43. The van der Waals surface area contributed by atoms with E-state index in [4.69, 9.17) is 23.2 Å². The van der Waals surface area contributed by atoms with E-state index in [9.17, 15) is 26.7 Å². The summed E-state index contributed by atoms with van der Waals surface area (Å²) in [6.45, 7) is -2.10. The van der Waals surface area contributed by atoms with Crippen molar-refractivity contribution in [2.45, 2.75) is 17.5 Å². The maximum atomic E-state index is 12.2. The van der Waals surface area contributed by atoms with E-state index in [0.717, 1.165) is 0 Å². The second kappa shape index (κ2) is 5.16. The molecule has 0 rings (SSSR count). The summed E-state index contributed by atoms with van der Waals surface area (Å²) in [4.78, 5) is 10.6. The molecule has 9 heteroatoms. The minimum atomic E-state index is -5.77. The SMILES string of the molecule is O=C(OCC(F)(F)C(F)(F)F)C(Cl)CCl. The normalized spacial score (nSPS) is 14.9. The highest BCUT2D eigenvalue weighted by atomic mass is 35.5. The molecule has 0 saturated heterocycles. The van der Waals surface area contributed by atoms with E-state index in [0.29, 0.717) is 0 Å². The van der Waals surface area contributed by atoms with Crippen LogP contribution in [0.3, 0.4) is 0 Å². The molecule has 1 atom stereocenters. The minimum absolute atomic E-state index is 0.446. The highest BCUT2D eigenvalue weighted by Crippen LogP contribution is 2.35. The smallest absolute Gasteiger partial charge is 0.456 e. The Kier molecular flexibility index (Phi) is 5.05. The zero-order chi connectivity index (χ0) is 12.3. The molecule has 0 aromatic heterocycles. The van der Waals surface area contributed by atoms with Crippen LogP contribution >= 0.6 is 23.2 Å². The summed E-state index contributed by atoms with van der Waals surface area (Å²) in [6.07, 6.45) is -5.77. The fraction of sp³-hybridized carbons (Fsp3) is 0.833. The minimum Gasteiger partial charge on any atom is -0.458 e. The molecule has 0 aliphatic rings. The molecule has 0 heterocycles. The Bertz CT molecular complexity index is 230. The fourth-order valence-electron chi connectivity index (χ4n) is 0.397. The van der Waals surface area contributed by atoms with Crippen molar-refractivity contribution < 1.29 is 31.5 Å². The lowest BCUT2D eigenvalue weighted by molar-refractivity contribution is -0.294. The maximum Gasteiger partial charge on any atom is 0.456 e. The largest absolute Gasteiger partial charge is 0.458 e. The Morgan fingerprint density at radius 2 is 1.73 bits per heavy atom. The average molecular weight is 275 g/mol. The first-order chi connectivity index (χ1) is 6.62. The van der Waals surface area contributed by atoms with Crippen LogP contribution in [0.15, 0.2) is 0 Å². The molecule has 0 amide bonds. The van der Waals surface area contributed by atoms with Gasteiger partial charge in [-0.1, -0.05) is 0 Å². The number of hydrogen-bond acceptors (Lipinski definition) is 2. The first-order valence-corrected chi connectivity index (χ1v) is 4.40. The van der Waals surface area contributed by atoms with Crippen molar-refractivity contribution in [1.29, 1.82) is 0 Å². The van der Waals surface area contributed by atoms with Crippen molar-refractivity contribution in [3.8, 4) is 0 Å². The number of alkyl halides is 7. The van der Waals surface area contributed by atoms with E-state index in [1.54, 1.807) is 0 Å². The summed E-state index contributed by atoms with van der Waals surface area (Å²) in [6, 6.07) is 0. The lowest BCUT2D eigenvalue weighted by Gasteiger charge is -2.19. The maximum absolute atomic E-state index is 12.2. The lowest BCUT2D eigenvalue weighted by Crippen LogP contribution is -2.42. The van der Waals surface area contributed by atoms with E-state index >= 15 is 0 Å². The van der Waals surface area contributed by atoms with Crippen molar-refractivity contribution in [2.75, 3.05) is 12.5 Å². The van der Waals surface area contributed by atoms with Gasteiger partial charge in [0.05, 0.1) is 0 Å².